The summed E-state index contributed by atoms with van der Waals surface area (Å²) in [5.41, 5.74) is 0. The summed E-state index contributed by atoms with van der Waals surface area (Å²) in [4.78, 5) is 22.0. The molecule has 3 unspecified atom stereocenters. The third-order valence-corrected chi connectivity index (χ3v) is 6.24. The summed E-state index contributed by atoms with van der Waals surface area (Å²) in [6.07, 6.45) is 9.84. The highest BCUT2D eigenvalue weighted by Gasteiger charge is 2.60. The van der Waals surface area contributed by atoms with E-state index in [1.165, 1.54) is 0 Å². The number of carbonyl (C=O) groups is 1. The SMILES string of the molecule is CCCCC(CC)C(S)(CCCC)OC(=O)OC1(C(CC)CCCC)OO1. The Hall–Kier alpha value is -0.460. The highest BCUT2D eigenvalue weighted by molar-refractivity contribution is 7.81. The first-order chi connectivity index (χ1) is 12.9. The maximum absolute atomic E-state index is 12.6. The highest BCUT2D eigenvalue weighted by Crippen LogP contribution is 2.44. The van der Waals surface area contributed by atoms with Crippen molar-refractivity contribution in [1.82, 2.24) is 0 Å². The number of hydrogen-bond donors (Lipinski definition) is 1. The van der Waals surface area contributed by atoms with E-state index in [0.29, 0.717) is 6.42 Å². The van der Waals surface area contributed by atoms with Gasteiger partial charge in [0.2, 0.25) is 0 Å². The summed E-state index contributed by atoms with van der Waals surface area (Å²) in [7, 11) is 0. The second-order valence-corrected chi connectivity index (χ2v) is 8.42. The van der Waals surface area contributed by atoms with Crippen LogP contribution in [-0.2, 0) is 19.2 Å². The Morgan fingerprint density at radius 2 is 1.56 bits per heavy atom. The highest BCUT2D eigenvalue weighted by atomic mass is 32.1. The van der Waals surface area contributed by atoms with Crippen LogP contribution in [-0.4, -0.2) is 17.1 Å². The Labute approximate surface area is 171 Å². The van der Waals surface area contributed by atoms with Gasteiger partial charge in [-0.05, 0) is 38.5 Å². The van der Waals surface area contributed by atoms with Crippen molar-refractivity contribution in [2.45, 2.75) is 116 Å². The van der Waals surface area contributed by atoms with Crippen LogP contribution in [0.2, 0.25) is 0 Å². The maximum atomic E-state index is 12.6. The molecule has 1 fully saturated rings. The second-order valence-electron chi connectivity index (χ2n) is 7.67. The average Bonchev–Trinajstić information content (AvgIpc) is 3.41. The Morgan fingerprint density at radius 1 is 0.963 bits per heavy atom. The van der Waals surface area contributed by atoms with Crippen LogP contribution in [0.1, 0.15) is 105 Å². The zero-order valence-electron chi connectivity index (χ0n) is 17.9. The van der Waals surface area contributed by atoms with Gasteiger partial charge in [-0.25, -0.2) is 4.79 Å². The molecule has 0 aromatic rings. The lowest BCUT2D eigenvalue weighted by molar-refractivity contribution is -0.103. The van der Waals surface area contributed by atoms with E-state index in [1.807, 2.05) is 6.92 Å². The first-order valence-electron chi connectivity index (χ1n) is 10.9. The topological polar surface area (TPSA) is 60.6 Å². The van der Waals surface area contributed by atoms with Crippen LogP contribution < -0.4 is 0 Å². The van der Waals surface area contributed by atoms with E-state index in [0.717, 1.165) is 64.2 Å². The van der Waals surface area contributed by atoms with Crippen LogP contribution in [0.5, 0.6) is 0 Å². The molecule has 0 aromatic carbocycles. The van der Waals surface area contributed by atoms with Crippen molar-refractivity contribution in [2.24, 2.45) is 11.8 Å². The van der Waals surface area contributed by atoms with Crippen LogP contribution >= 0.6 is 12.6 Å². The Balaban J connectivity index is 2.77. The van der Waals surface area contributed by atoms with Gasteiger partial charge in [0.25, 0.3) is 0 Å². The summed E-state index contributed by atoms with van der Waals surface area (Å²) in [5.74, 6) is -1.07. The number of hydrogen-bond acceptors (Lipinski definition) is 6. The van der Waals surface area contributed by atoms with Gasteiger partial charge in [0.1, 0.15) is 0 Å². The van der Waals surface area contributed by atoms with Gasteiger partial charge >= 0.3 is 12.1 Å². The fraction of sp³-hybridized carbons (Fsp3) is 0.952. The van der Waals surface area contributed by atoms with Crippen molar-refractivity contribution in [3.63, 3.8) is 0 Å². The lowest BCUT2D eigenvalue weighted by Gasteiger charge is -2.36. The fourth-order valence-electron chi connectivity index (χ4n) is 3.62. The normalized spacial score (nSPS) is 19.8. The second kappa shape index (κ2) is 12.2. The molecular weight excluding hydrogens is 364 g/mol. The van der Waals surface area contributed by atoms with Crippen molar-refractivity contribution < 1.29 is 24.0 Å². The van der Waals surface area contributed by atoms with Gasteiger partial charge in [-0.1, -0.05) is 66.7 Å². The number of carbonyl (C=O) groups excluding carboxylic acids is 1. The molecule has 0 aromatic heterocycles. The molecule has 0 bridgehead atoms. The standard InChI is InChI=1S/C21H40O5S/c1-6-11-14-17(9-4)20(27,16-13-8-3)23-19(22)24-21(25-26-21)18(10-5)15-12-7-2/h17-18,27H,6-16H2,1-5H3. The fourth-order valence-corrected chi connectivity index (χ4v) is 4.17. The molecule has 27 heavy (non-hydrogen) atoms. The molecule has 3 atom stereocenters. The first-order valence-corrected chi connectivity index (χ1v) is 11.4. The van der Waals surface area contributed by atoms with Crippen LogP contribution in [0.15, 0.2) is 0 Å². The molecule has 0 radical (unpaired) electrons. The van der Waals surface area contributed by atoms with E-state index in [4.69, 9.17) is 31.9 Å². The summed E-state index contributed by atoms with van der Waals surface area (Å²) in [5, 5.41) is 0. The van der Waals surface area contributed by atoms with E-state index >= 15 is 0 Å². The third kappa shape index (κ3) is 7.47. The number of thiol groups is 1. The van der Waals surface area contributed by atoms with Gasteiger partial charge < -0.3 is 9.47 Å². The van der Waals surface area contributed by atoms with Crippen molar-refractivity contribution >= 4 is 18.8 Å². The van der Waals surface area contributed by atoms with Crippen molar-refractivity contribution in [3.05, 3.63) is 0 Å². The van der Waals surface area contributed by atoms with Gasteiger partial charge in [-0.3, -0.25) is 0 Å². The van der Waals surface area contributed by atoms with Crippen LogP contribution in [0, 0.1) is 11.8 Å². The van der Waals surface area contributed by atoms with Gasteiger partial charge in [0.05, 0.1) is 5.92 Å². The molecule has 0 saturated carbocycles. The van der Waals surface area contributed by atoms with Gasteiger partial charge in [-0.15, -0.1) is 12.6 Å². The quantitative estimate of drug-likeness (QED) is 0.105. The van der Waals surface area contributed by atoms with Gasteiger partial charge in [-0.2, -0.15) is 9.78 Å². The number of unbranched alkanes of at least 4 members (excludes halogenated alkanes) is 3. The van der Waals surface area contributed by atoms with Crippen molar-refractivity contribution in [2.75, 3.05) is 0 Å². The average molecular weight is 405 g/mol. The van der Waals surface area contributed by atoms with E-state index in [2.05, 4.69) is 27.7 Å². The Kier molecular flexibility index (Phi) is 11.1. The third-order valence-electron chi connectivity index (χ3n) is 5.56. The minimum atomic E-state index is -1.27. The lowest BCUT2D eigenvalue weighted by Crippen LogP contribution is -2.40. The Morgan fingerprint density at radius 3 is 2.04 bits per heavy atom. The molecule has 0 amide bonds. The lowest BCUT2D eigenvalue weighted by atomic mass is 9.89. The molecule has 1 aliphatic heterocycles. The minimum Gasteiger partial charge on any atom is -0.416 e. The zero-order valence-corrected chi connectivity index (χ0v) is 18.8. The summed E-state index contributed by atoms with van der Waals surface area (Å²) < 4.78 is 11.3. The molecular formula is C21H40O5S. The molecule has 1 saturated heterocycles. The van der Waals surface area contributed by atoms with Crippen molar-refractivity contribution in [1.29, 1.82) is 0 Å². The van der Waals surface area contributed by atoms with Crippen LogP contribution in [0.25, 0.3) is 0 Å². The first kappa shape index (κ1) is 24.6. The summed E-state index contributed by atoms with van der Waals surface area (Å²) >= 11 is 4.84. The van der Waals surface area contributed by atoms with Gasteiger partial charge in [0, 0.05) is 5.92 Å². The van der Waals surface area contributed by atoms with Crippen LogP contribution in [0.3, 0.4) is 0 Å². The van der Waals surface area contributed by atoms with Crippen LogP contribution in [0.4, 0.5) is 4.79 Å². The summed E-state index contributed by atoms with van der Waals surface area (Å²) in [6.45, 7) is 10.6. The predicted molar refractivity (Wildman–Crippen MR) is 110 cm³/mol. The van der Waals surface area contributed by atoms with E-state index in [9.17, 15) is 4.79 Å². The molecule has 6 heteroatoms. The zero-order chi connectivity index (χ0) is 20.3. The molecule has 1 rings (SSSR count). The van der Waals surface area contributed by atoms with E-state index < -0.39 is 17.1 Å². The molecule has 0 aliphatic carbocycles. The maximum Gasteiger partial charge on any atom is 0.514 e. The van der Waals surface area contributed by atoms with E-state index in [1.54, 1.807) is 0 Å². The Bertz CT molecular complexity index is 427. The molecule has 0 N–H and O–H groups in total. The molecule has 160 valence electrons. The van der Waals surface area contributed by atoms with Crippen molar-refractivity contribution in [3.8, 4) is 0 Å². The molecule has 5 nitrogen and oxygen atoms in total. The largest absolute Gasteiger partial charge is 0.514 e. The molecule has 0 spiro atoms. The van der Waals surface area contributed by atoms with E-state index in [-0.39, 0.29) is 11.8 Å². The smallest absolute Gasteiger partial charge is 0.416 e. The predicted octanol–water partition coefficient (Wildman–Crippen LogP) is 7.00. The minimum absolute atomic E-state index is 0.0111. The number of rotatable bonds is 15. The monoisotopic (exact) mass is 404 g/mol. The molecule has 1 heterocycles. The summed E-state index contributed by atoms with van der Waals surface area (Å²) in [6, 6.07) is 0. The number of ether oxygens (including phenoxy) is 2. The van der Waals surface area contributed by atoms with Gasteiger partial charge in [0.15, 0.2) is 4.93 Å². The molecule has 1 aliphatic rings.